The number of carbonyl (C=O) groups excluding carboxylic acids is 1. The van der Waals surface area contributed by atoms with Crippen molar-refractivity contribution in [1.29, 1.82) is 0 Å². The molecule has 25 heavy (non-hydrogen) atoms. The first-order chi connectivity index (χ1) is 12.0. The molecule has 1 N–H and O–H groups in total. The largest absolute Gasteiger partial charge is 0.349 e. The van der Waals surface area contributed by atoms with E-state index < -0.39 is 4.92 Å². The van der Waals surface area contributed by atoms with Crippen molar-refractivity contribution in [1.82, 2.24) is 5.32 Å². The first kappa shape index (κ1) is 17.5. The lowest BCUT2D eigenvalue weighted by Crippen LogP contribution is -2.28. The molecule has 6 heteroatoms. The van der Waals surface area contributed by atoms with E-state index in [0.717, 1.165) is 23.3 Å². The molecule has 5 nitrogen and oxygen atoms in total. The van der Waals surface area contributed by atoms with Crippen LogP contribution < -0.4 is 5.32 Å². The summed E-state index contributed by atoms with van der Waals surface area (Å²) in [6.45, 7) is 1.83. The number of nitrogens with one attached hydrogen (secondary N) is 1. The molecule has 0 aromatic heterocycles. The summed E-state index contributed by atoms with van der Waals surface area (Å²) in [5, 5.41) is 13.8. The number of benzene rings is 2. The smallest absolute Gasteiger partial charge is 0.269 e. The van der Waals surface area contributed by atoms with Gasteiger partial charge in [0.1, 0.15) is 0 Å². The minimum atomic E-state index is -0.429. The number of fused-ring (bicyclic) bond motifs is 1. The van der Waals surface area contributed by atoms with E-state index in [0.29, 0.717) is 5.75 Å². The Balaban J connectivity index is 1.55. The highest BCUT2D eigenvalue weighted by atomic mass is 32.2. The number of aryl methyl sites for hydroxylation is 2. The van der Waals surface area contributed by atoms with Crippen molar-refractivity contribution in [3.8, 4) is 0 Å². The SMILES string of the molecule is CC(NC(=O)CSc1ccc2c(c1)CCC2)c1cccc([N+](=O)[O-])c1. The van der Waals surface area contributed by atoms with Crippen molar-refractivity contribution in [3.63, 3.8) is 0 Å². The van der Waals surface area contributed by atoms with E-state index in [1.807, 2.05) is 6.92 Å². The van der Waals surface area contributed by atoms with E-state index in [-0.39, 0.29) is 17.6 Å². The molecule has 0 aliphatic heterocycles. The summed E-state index contributed by atoms with van der Waals surface area (Å²) in [6, 6.07) is 12.5. The fourth-order valence-corrected chi connectivity index (χ4v) is 3.83. The van der Waals surface area contributed by atoms with Gasteiger partial charge in [0.2, 0.25) is 5.91 Å². The van der Waals surface area contributed by atoms with Gasteiger partial charge in [-0.25, -0.2) is 0 Å². The van der Waals surface area contributed by atoms with Crippen molar-refractivity contribution in [2.45, 2.75) is 37.1 Å². The molecule has 0 radical (unpaired) electrons. The van der Waals surface area contributed by atoms with Gasteiger partial charge in [-0.1, -0.05) is 18.2 Å². The van der Waals surface area contributed by atoms with Gasteiger partial charge in [-0.15, -0.1) is 11.8 Å². The second kappa shape index (κ2) is 7.70. The Morgan fingerprint density at radius 2 is 2.04 bits per heavy atom. The zero-order chi connectivity index (χ0) is 17.8. The summed E-state index contributed by atoms with van der Waals surface area (Å²) in [5.74, 6) is 0.252. The lowest BCUT2D eigenvalue weighted by Gasteiger charge is -2.14. The Morgan fingerprint density at radius 3 is 2.84 bits per heavy atom. The van der Waals surface area contributed by atoms with Crippen molar-refractivity contribution < 1.29 is 9.72 Å². The molecular weight excluding hydrogens is 336 g/mol. The normalized spacial score (nSPS) is 14.0. The molecule has 0 bridgehead atoms. The number of thioether (sulfide) groups is 1. The third-order valence-corrected chi connectivity index (χ3v) is 5.39. The minimum Gasteiger partial charge on any atom is -0.349 e. The number of hydrogen-bond donors (Lipinski definition) is 1. The molecule has 0 heterocycles. The fraction of sp³-hybridized carbons (Fsp3) is 0.316. The maximum Gasteiger partial charge on any atom is 0.269 e. The quantitative estimate of drug-likeness (QED) is 0.481. The van der Waals surface area contributed by atoms with Gasteiger partial charge in [0.25, 0.3) is 5.69 Å². The Bertz CT molecular complexity index is 807. The Labute approximate surface area is 151 Å². The van der Waals surface area contributed by atoms with Gasteiger partial charge >= 0.3 is 0 Å². The van der Waals surface area contributed by atoms with Gasteiger partial charge < -0.3 is 5.32 Å². The van der Waals surface area contributed by atoms with Crippen LogP contribution in [0.4, 0.5) is 5.69 Å². The van der Waals surface area contributed by atoms with Gasteiger partial charge in [-0.3, -0.25) is 14.9 Å². The number of nitro benzene ring substituents is 1. The van der Waals surface area contributed by atoms with Crippen molar-refractivity contribution in [2.75, 3.05) is 5.75 Å². The predicted molar refractivity (Wildman–Crippen MR) is 98.8 cm³/mol. The van der Waals surface area contributed by atoms with Crippen LogP contribution in [-0.4, -0.2) is 16.6 Å². The molecule has 2 aromatic rings. The van der Waals surface area contributed by atoms with Gasteiger partial charge in [-0.2, -0.15) is 0 Å². The number of non-ortho nitro benzene ring substituents is 1. The maximum atomic E-state index is 12.2. The van der Waals surface area contributed by atoms with Crippen molar-refractivity contribution in [3.05, 3.63) is 69.3 Å². The van der Waals surface area contributed by atoms with Crippen LogP contribution in [0.5, 0.6) is 0 Å². The highest BCUT2D eigenvalue weighted by Crippen LogP contribution is 2.27. The van der Waals surface area contributed by atoms with Crippen molar-refractivity contribution >= 4 is 23.4 Å². The zero-order valence-electron chi connectivity index (χ0n) is 14.0. The summed E-state index contributed by atoms with van der Waals surface area (Å²) in [5.41, 5.74) is 3.58. The molecule has 1 aliphatic carbocycles. The number of nitro groups is 1. The van der Waals surface area contributed by atoms with Crippen LogP contribution in [0.15, 0.2) is 47.4 Å². The van der Waals surface area contributed by atoms with Crippen LogP contribution in [0, 0.1) is 10.1 Å². The second-order valence-electron chi connectivity index (χ2n) is 6.21. The highest BCUT2D eigenvalue weighted by molar-refractivity contribution is 8.00. The summed E-state index contributed by atoms with van der Waals surface area (Å²) < 4.78 is 0. The predicted octanol–water partition coefficient (Wildman–Crippen LogP) is 4.05. The van der Waals surface area contributed by atoms with E-state index in [2.05, 4.69) is 23.5 Å². The standard InChI is InChI=1S/C19H20N2O3S/c1-13(15-5-3-7-17(10-15)21(23)24)20-19(22)12-25-18-9-8-14-4-2-6-16(14)11-18/h3,5,7-11,13H,2,4,6,12H2,1H3,(H,20,22). The number of hydrogen-bond acceptors (Lipinski definition) is 4. The van der Waals surface area contributed by atoms with E-state index in [1.165, 1.54) is 41.4 Å². The van der Waals surface area contributed by atoms with Crippen molar-refractivity contribution in [2.24, 2.45) is 0 Å². The number of carbonyl (C=O) groups is 1. The molecular formula is C19H20N2O3S. The molecule has 130 valence electrons. The maximum absolute atomic E-state index is 12.2. The Kier molecular flexibility index (Phi) is 5.38. The second-order valence-corrected chi connectivity index (χ2v) is 7.26. The van der Waals surface area contributed by atoms with Crippen LogP contribution >= 0.6 is 11.8 Å². The van der Waals surface area contributed by atoms with Crippen LogP contribution in [-0.2, 0) is 17.6 Å². The van der Waals surface area contributed by atoms with Gasteiger partial charge in [0.05, 0.1) is 16.7 Å². The highest BCUT2D eigenvalue weighted by Gasteiger charge is 2.14. The molecule has 0 saturated carbocycles. The van der Waals surface area contributed by atoms with Crippen LogP contribution in [0.3, 0.4) is 0 Å². The van der Waals surface area contributed by atoms with Gasteiger partial charge in [0.15, 0.2) is 0 Å². The average molecular weight is 356 g/mol. The molecule has 1 amide bonds. The topological polar surface area (TPSA) is 72.2 Å². The van der Waals surface area contributed by atoms with Crippen LogP contribution in [0.25, 0.3) is 0 Å². The Morgan fingerprint density at radius 1 is 1.24 bits per heavy atom. The first-order valence-corrected chi connectivity index (χ1v) is 9.30. The number of rotatable bonds is 6. The van der Waals surface area contributed by atoms with E-state index in [1.54, 1.807) is 12.1 Å². The van der Waals surface area contributed by atoms with Crippen LogP contribution in [0.1, 0.15) is 36.1 Å². The monoisotopic (exact) mass is 356 g/mol. The summed E-state index contributed by atoms with van der Waals surface area (Å²) in [4.78, 5) is 23.7. The molecule has 1 aliphatic rings. The Hall–Kier alpha value is -2.34. The molecule has 2 aromatic carbocycles. The molecule has 0 saturated heterocycles. The minimum absolute atomic E-state index is 0.0334. The number of nitrogens with zero attached hydrogens (tertiary/aromatic N) is 1. The van der Waals surface area contributed by atoms with Gasteiger partial charge in [-0.05, 0) is 55.0 Å². The molecule has 0 spiro atoms. The van der Waals surface area contributed by atoms with Gasteiger partial charge in [0, 0.05) is 17.0 Å². The van der Waals surface area contributed by atoms with E-state index in [9.17, 15) is 14.9 Å². The zero-order valence-corrected chi connectivity index (χ0v) is 14.8. The average Bonchev–Trinajstić information content (AvgIpc) is 3.07. The molecule has 1 unspecified atom stereocenters. The lowest BCUT2D eigenvalue weighted by molar-refractivity contribution is -0.384. The number of amides is 1. The van der Waals surface area contributed by atoms with Crippen LogP contribution in [0.2, 0.25) is 0 Å². The molecule has 0 fully saturated rings. The third kappa shape index (κ3) is 4.39. The fourth-order valence-electron chi connectivity index (χ4n) is 3.06. The third-order valence-electron chi connectivity index (χ3n) is 4.40. The van der Waals surface area contributed by atoms with E-state index in [4.69, 9.17) is 0 Å². The summed E-state index contributed by atoms with van der Waals surface area (Å²) in [7, 11) is 0. The van der Waals surface area contributed by atoms with E-state index >= 15 is 0 Å². The molecule has 1 atom stereocenters. The summed E-state index contributed by atoms with van der Waals surface area (Å²) >= 11 is 1.52. The lowest BCUT2D eigenvalue weighted by atomic mass is 10.1. The summed E-state index contributed by atoms with van der Waals surface area (Å²) in [6.07, 6.45) is 3.49. The molecule has 3 rings (SSSR count). The first-order valence-electron chi connectivity index (χ1n) is 8.31.